The monoisotopic (exact) mass is 447 g/mol. The van der Waals surface area contributed by atoms with Crippen molar-refractivity contribution in [3.8, 4) is 0 Å². The molecule has 4 aromatic rings. The van der Waals surface area contributed by atoms with Crippen molar-refractivity contribution < 1.29 is 4.39 Å². The van der Waals surface area contributed by atoms with Gasteiger partial charge in [0.1, 0.15) is 5.82 Å². The second kappa shape index (κ2) is 8.40. The highest BCUT2D eigenvalue weighted by Gasteiger charge is 2.14. The second-order valence-corrected chi connectivity index (χ2v) is 8.83. The Morgan fingerprint density at radius 3 is 2.80 bits per heavy atom. The van der Waals surface area contributed by atoms with Crippen molar-refractivity contribution in [3.63, 3.8) is 0 Å². The molecule has 0 aliphatic rings. The number of rotatable bonds is 7. The van der Waals surface area contributed by atoms with Crippen molar-refractivity contribution in [2.24, 2.45) is 14.1 Å². The molecule has 30 heavy (non-hydrogen) atoms. The first kappa shape index (κ1) is 20.3. The lowest BCUT2D eigenvalue weighted by molar-refractivity contribution is 0.594. The summed E-state index contributed by atoms with van der Waals surface area (Å²) in [6.45, 7) is 0.290. The molecule has 0 aliphatic heterocycles. The summed E-state index contributed by atoms with van der Waals surface area (Å²) in [5.74, 6) is 0.284. The van der Waals surface area contributed by atoms with Crippen LogP contribution in [-0.2, 0) is 20.6 Å². The zero-order valence-electron chi connectivity index (χ0n) is 16.2. The predicted octanol–water partition coefficient (Wildman–Crippen LogP) is 2.35. The van der Waals surface area contributed by atoms with Crippen LogP contribution in [0.1, 0.15) is 6.42 Å². The number of aromatic nitrogens is 6. The van der Waals surface area contributed by atoms with Crippen molar-refractivity contribution >= 4 is 45.1 Å². The van der Waals surface area contributed by atoms with Crippen LogP contribution >= 0.6 is 23.1 Å². The Labute approximate surface area is 178 Å². The second-order valence-electron chi connectivity index (χ2n) is 6.51. The molecule has 0 radical (unpaired) electrons. The number of nitrogens with one attached hydrogen (secondary N) is 1. The number of hydrogen-bond acceptors (Lipinski definition) is 8. The van der Waals surface area contributed by atoms with Crippen LogP contribution in [0.4, 0.5) is 15.2 Å². The number of anilines is 2. The maximum Gasteiger partial charge on any atom is 0.332 e. The van der Waals surface area contributed by atoms with E-state index >= 15 is 0 Å². The van der Waals surface area contributed by atoms with E-state index in [-0.39, 0.29) is 17.1 Å². The van der Waals surface area contributed by atoms with E-state index in [2.05, 4.69) is 20.5 Å². The summed E-state index contributed by atoms with van der Waals surface area (Å²) in [7, 11) is 3.33. The Hall–Kier alpha value is -2.99. The normalized spacial score (nSPS) is 11.3. The van der Waals surface area contributed by atoms with Crippen molar-refractivity contribution in [2.75, 3.05) is 11.1 Å². The van der Waals surface area contributed by atoms with E-state index in [9.17, 15) is 14.0 Å². The number of benzene rings is 1. The third kappa shape index (κ3) is 3.87. The SMILES string of the molecule is Cn1cnc2c1c(=O)n(CCCSc1nnc(Nc3ccccc3F)s1)c(=O)n2C. The Balaban J connectivity index is 1.39. The molecule has 3 aromatic heterocycles. The quantitative estimate of drug-likeness (QED) is 0.343. The number of aryl methyl sites for hydroxylation is 2. The molecule has 0 atom stereocenters. The molecule has 3 heterocycles. The summed E-state index contributed by atoms with van der Waals surface area (Å²) >= 11 is 2.78. The maximum atomic E-state index is 13.7. The average molecular weight is 448 g/mol. The Bertz CT molecular complexity index is 1320. The number of hydrogen-bond donors (Lipinski definition) is 1. The molecule has 0 aliphatic carbocycles. The molecule has 0 fully saturated rings. The van der Waals surface area contributed by atoms with E-state index in [0.29, 0.717) is 40.7 Å². The minimum atomic E-state index is -0.386. The summed E-state index contributed by atoms with van der Waals surface area (Å²) in [6.07, 6.45) is 2.12. The van der Waals surface area contributed by atoms with Gasteiger partial charge in [0, 0.05) is 26.4 Å². The summed E-state index contributed by atoms with van der Waals surface area (Å²) < 4.78 is 18.7. The van der Waals surface area contributed by atoms with Gasteiger partial charge >= 0.3 is 5.69 Å². The lowest BCUT2D eigenvalue weighted by Gasteiger charge is -2.08. The summed E-state index contributed by atoms with van der Waals surface area (Å²) in [6, 6.07) is 6.35. The molecule has 0 saturated carbocycles. The molecule has 0 saturated heterocycles. The van der Waals surface area contributed by atoms with Crippen LogP contribution in [0.3, 0.4) is 0 Å². The smallest absolute Gasteiger partial charge is 0.328 e. The van der Waals surface area contributed by atoms with Crippen LogP contribution in [0.2, 0.25) is 0 Å². The number of para-hydroxylation sites is 1. The number of halogens is 1. The van der Waals surface area contributed by atoms with Gasteiger partial charge in [-0.05, 0) is 18.6 Å². The molecule has 0 unspecified atom stereocenters. The Morgan fingerprint density at radius 2 is 2.00 bits per heavy atom. The fourth-order valence-corrected chi connectivity index (χ4v) is 4.73. The molecule has 0 spiro atoms. The van der Waals surface area contributed by atoms with E-state index in [4.69, 9.17) is 0 Å². The maximum absolute atomic E-state index is 13.7. The van der Waals surface area contributed by atoms with E-state index in [0.717, 1.165) is 4.34 Å². The zero-order valence-corrected chi connectivity index (χ0v) is 17.8. The molecule has 1 aromatic carbocycles. The molecule has 1 N–H and O–H groups in total. The molecule has 0 amide bonds. The van der Waals surface area contributed by atoms with Crippen molar-refractivity contribution in [3.05, 3.63) is 57.2 Å². The zero-order chi connectivity index (χ0) is 21.3. The third-order valence-corrected chi connectivity index (χ3v) is 6.53. The predicted molar refractivity (Wildman–Crippen MR) is 115 cm³/mol. The minimum Gasteiger partial charge on any atom is -0.328 e. The highest BCUT2D eigenvalue weighted by atomic mass is 32.2. The summed E-state index contributed by atoms with van der Waals surface area (Å²) in [4.78, 5) is 29.3. The van der Waals surface area contributed by atoms with Gasteiger partial charge in [-0.15, -0.1) is 10.2 Å². The van der Waals surface area contributed by atoms with Crippen molar-refractivity contribution in [2.45, 2.75) is 17.3 Å². The van der Waals surface area contributed by atoms with Gasteiger partial charge in [-0.2, -0.15) is 0 Å². The van der Waals surface area contributed by atoms with Gasteiger partial charge in [-0.1, -0.05) is 35.2 Å². The fourth-order valence-electron chi connectivity index (χ4n) is 2.97. The summed E-state index contributed by atoms with van der Waals surface area (Å²) in [5.41, 5.74) is 0.388. The standard InChI is InChI=1S/C18H18FN7O2S2/c1-24-10-20-14-13(24)15(27)26(18(28)25(14)2)8-5-9-29-17-23-22-16(30-17)21-12-7-4-3-6-11(12)19/h3-4,6-7,10H,5,8-9H2,1-2H3,(H,21,22). The Kier molecular flexibility index (Phi) is 5.68. The van der Waals surface area contributed by atoms with E-state index in [1.54, 1.807) is 36.9 Å². The first-order valence-electron chi connectivity index (χ1n) is 9.04. The van der Waals surface area contributed by atoms with E-state index < -0.39 is 0 Å². The molecule has 0 bridgehead atoms. The molecule has 4 rings (SSSR count). The number of nitrogens with zero attached hydrogens (tertiary/aromatic N) is 6. The van der Waals surface area contributed by atoms with Gasteiger partial charge < -0.3 is 9.88 Å². The summed E-state index contributed by atoms with van der Waals surface area (Å²) in [5, 5.41) is 11.5. The van der Waals surface area contributed by atoms with Crippen LogP contribution in [0.15, 0.2) is 44.5 Å². The third-order valence-electron chi connectivity index (χ3n) is 4.47. The molecule has 156 valence electrons. The molecule has 12 heteroatoms. The topological polar surface area (TPSA) is 99.6 Å². The van der Waals surface area contributed by atoms with Gasteiger partial charge in [0.15, 0.2) is 15.5 Å². The van der Waals surface area contributed by atoms with Gasteiger partial charge in [-0.3, -0.25) is 13.9 Å². The van der Waals surface area contributed by atoms with Gasteiger partial charge in [0.05, 0.1) is 12.0 Å². The van der Waals surface area contributed by atoms with Crippen LogP contribution < -0.4 is 16.6 Å². The van der Waals surface area contributed by atoms with Crippen LogP contribution in [-0.4, -0.2) is 34.6 Å². The van der Waals surface area contributed by atoms with Crippen molar-refractivity contribution in [1.29, 1.82) is 0 Å². The highest BCUT2D eigenvalue weighted by Crippen LogP contribution is 2.28. The number of thioether (sulfide) groups is 1. The largest absolute Gasteiger partial charge is 0.332 e. The van der Waals surface area contributed by atoms with Crippen LogP contribution in [0, 0.1) is 5.82 Å². The fraction of sp³-hybridized carbons (Fsp3) is 0.278. The first-order chi connectivity index (χ1) is 14.5. The van der Waals surface area contributed by atoms with Crippen molar-refractivity contribution in [1.82, 2.24) is 28.9 Å². The molecular formula is C18H18FN7O2S2. The highest BCUT2D eigenvalue weighted by molar-refractivity contribution is 8.01. The number of imidazole rings is 1. The van der Waals surface area contributed by atoms with Gasteiger partial charge in [0.2, 0.25) is 5.13 Å². The average Bonchev–Trinajstić information content (AvgIpc) is 3.34. The number of fused-ring (bicyclic) bond motifs is 1. The molecular weight excluding hydrogens is 429 g/mol. The molecule has 9 nitrogen and oxygen atoms in total. The van der Waals surface area contributed by atoms with Gasteiger partial charge in [0.25, 0.3) is 5.56 Å². The minimum absolute atomic E-state index is 0.290. The van der Waals surface area contributed by atoms with Crippen LogP contribution in [0.25, 0.3) is 11.2 Å². The van der Waals surface area contributed by atoms with E-state index in [1.807, 2.05) is 0 Å². The van der Waals surface area contributed by atoms with Crippen LogP contribution in [0.5, 0.6) is 0 Å². The lowest BCUT2D eigenvalue weighted by atomic mass is 10.3. The Morgan fingerprint density at radius 1 is 1.20 bits per heavy atom. The first-order valence-corrected chi connectivity index (χ1v) is 10.8. The van der Waals surface area contributed by atoms with E-state index in [1.165, 1.54) is 44.6 Å². The lowest BCUT2D eigenvalue weighted by Crippen LogP contribution is -2.39. The van der Waals surface area contributed by atoms with Gasteiger partial charge in [-0.25, -0.2) is 14.2 Å².